The van der Waals surface area contributed by atoms with E-state index in [9.17, 15) is 4.79 Å². The average Bonchev–Trinajstić information content (AvgIpc) is 3.17. The fourth-order valence-corrected chi connectivity index (χ4v) is 3.30. The molecule has 6 nitrogen and oxygen atoms in total. The summed E-state index contributed by atoms with van der Waals surface area (Å²) in [5.74, 6) is 0.798. The lowest BCUT2D eigenvalue weighted by Crippen LogP contribution is -2.37. The molecule has 21 heavy (non-hydrogen) atoms. The Labute approximate surface area is 127 Å². The predicted octanol–water partition coefficient (Wildman–Crippen LogP) is 1.93. The third-order valence-electron chi connectivity index (χ3n) is 3.70. The molecule has 0 radical (unpaired) electrons. The van der Waals surface area contributed by atoms with Crippen LogP contribution in [0.1, 0.15) is 40.6 Å². The van der Waals surface area contributed by atoms with Crippen molar-refractivity contribution in [2.45, 2.75) is 39.0 Å². The second-order valence-corrected chi connectivity index (χ2v) is 5.85. The van der Waals surface area contributed by atoms with Crippen LogP contribution in [0.3, 0.4) is 0 Å². The summed E-state index contributed by atoms with van der Waals surface area (Å²) in [6, 6.07) is -0.0494. The van der Waals surface area contributed by atoms with Gasteiger partial charge in [0.2, 0.25) is 0 Å². The highest BCUT2D eigenvalue weighted by Gasteiger charge is 2.34. The average molecular weight is 306 g/mol. The lowest BCUT2D eigenvalue weighted by Gasteiger charge is -2.20. The van der Waals surface area contributed by atoms with Crippen LogP contribution in [0, 0.1) is 6.92 Å². The molecule has 2 atom stereocenters. The molecule has 0 aliphatic carbocycles. The molecule has 0 unspecified atom stereocenters. The molecular weight excluding hydrogens is 288 g/mol. The molecule has 3 heterocycles. The van der Waals surface area contributed by atoms with E-state index in [2.05, 4.69) is 22.2 Å². The van der Waals surface area contributed by atoms with Crippen LogP contribution in [0.4, 0.5) is 0 Å². The summed E-state index contributed by atoms with van der Waals surface area (Å²) < 4.78 is 7.84. The topological polar surface area (TPSA) is 69.0 Å². The monoisotopic (exact) mass is 306 g/mol. The van der Waals surface area contributed by atoms with E-state index in [0.29, 0.717) is 11.5 Å². The molecule has 112 valence electrons. The zero-order chi connectivity index (χ0) is 14.8. The van der Waals surface area contributed by atoms with Gasteiger partial charge >= 0.3 is 0 Å². The summed E-state index contributed by atoms with van der Waals surface area (Å²) >= 11 is 1.36. The Morgan fingerprint density at radius 3 is 3.14 bits per heavy atom. The quantitative estimate of drug-likeness (QED) is 0.937. The molecule has 0 bridgehead atoms. The number of carbonyl (C=O) groups excluding carboxylic acids is 1. The number of imidazole rings is 1. The number of amides is 1. The molecule has 1 aliphatic heterocycles. The molecule has 0 aromatic carbocycles. The number of carbonyl (C=O) groups is 1. The van der Waals surface area contributed by atoms with Gasteiger partial charge in [-0.2, -0.15) is 0 Å². The standard InChI is InChI=1S/C14H18N4O2S/c1-3-18-6-5-15-13(18)11-10(4-7-20-11)17-14(19)12-9(2)16-8-21-12/h5-6,8,10-11H,3-4,7H2,1-2H3,(H,17,19)/t10-,11-/m0/s1. The van der Waals surface area contributed by atoms with Gasteiger partial charge in [-0.05, 0) is 20.3 Å². The van der Waals surface area contributed by atoms with E-state index >= 15 is 0 Å². The fourth-order valence-electron chi connectivity index (χ4n) is 2.59. The molecule has 3 rings (SSSR count). The minimum atomic E-state index is -0.183. The number of aromatic nitrogens is 3. The van der Waals surface area contributed by atoms with E-state index in [4.69, 9.17) is 4.74 Å². The van der Waals surface area contributed by atoms with Gasteiger partial charge in [0, 0.05) is 25.5 Å². The van der Waals surface area contributed by atoms with Gasteiger partial charge in [-0.15, -0.1) is 11.3 Å². The summed E-state index contributed by atoms with van der Waals surface area (Å²) in [5.41, 5.74) is 2.46. The van der Waals surface area contributed by atoms with Gasteiger partial charge in [0.15, 0.2) is 0 Å². The number of nitrogens with one attached hydrogen (secondary N) is 1. The number of nitrogens with zero attached hydrogens (tertiary/aromatic N) is 3. The molecular formula is C14H18N4O2S. The van der Waals surface area contributed by atoms with E-state index in [0.717, 1.165) is 24.5 Å². The van der Waals surface area contributed by atoms with E-state index in [1.165, 1.54) is 11.3 Å². The first kappa shape index (κ1) is 14.2. The van der Waals surface area contributed by atoms with Crippen LogP contribution in [-0.4, -0.2) is 33.1 Å². The van der Waals surface area contributed by atoms with Crippen LogP contribution < -0.4 is 5.32 Å². The van der Waals surface area contributed by atoms with Crippen molar-refractivity contribution in [2.75, 3.05) is 6.61 Å². The van der Waals surface area contributed by atoms with Gasteiger partial charge in [0.25, 0.3) is 5.91 Å². The number of hydrogen-bond donors (Lipinski definition) is 1. The summed E-state index contributed by atoms with van der Waals surface area (Å²) in [5, 5.41) is 3.06. The maximum Gasteiger partial charge on any atom is 0.263 e. The van der Waals surface area contributed by atoms with E-state index in [-0.39, 0.29) is 18.1 Å². The van der Waals surface area contributed by atoms with Crippen LogP contribution >= 0.6 is 11.3 Å². The van der Waals surface area contributed by atoms with E-state index in [1.807, 2.05) is 17.7 Å². The van der Waals surface area contributed by atoms with Gasteiger partial charge in [-0.1, -0.05) is 0 Å². The minimum Gasteiger partial charge on any atom is -0.368 e. The Morgan fingerprint density at radius 1 is 1.57 bits per heavy atom. The summed E-state index contributed by atoms with van der Waals surface area (Å²) in [6.45, 7) is 5.38. The maximum atomic E-state index is 12.3. The second-order valence-electron chi connectivity index (χ2n) is 5.00. The number of rotatable bonds is 4. The molecule has 2 aromatic heterocycles. The Kier molecular flexibility index (Phi) is 4.03. The third-order valence-corrected chi connectivity index (χ3v) is 4.63. The first-order valence-corrected chi connectivity index (χ1v) is 7.92. The van der Waals surface area contributed by atoms with E-state index < -0.39 is 0 Å². The van der Waals surface area contributed by atoms with Crippen molar-refractivity contribution in [1.29, 1.82) is 0 Å². The summed E-state index contributed by atoms with van der Waals surface area (Å²) in [7, 11) is 0. The maximum absolute atomic E-state index is 12.3. The highest BCUT2D eigenvalue weighted by molar-refractivity contribution is 7.11. The van der Waals surface area contributed by atoms with Crippen LogP contribution in [0.5, 0.6) is 0 Å². The number of aryl methyl sites for hydroxylation is 2. The van der Waals surface area contributed by atoms with Crippen molar-refractivity contribution in [3.8, 4) is 0 Å². The smallest absolute Gasteiger partial charge is 0.263 e. The highest BCUT2D eigenvalue weighted by atomic mass is 32.1. The second kappa shape index (κ2) is 5.95. The summed E-state index contributed by atoms with van der Waals surface area (Å²) in [4.78, 5) is 21.5. The third kappa shape index (κ3) is 2.71. The summed E-state index contributed by atoms with van der Waals surface area (Å²) in [6.07, 6.45) is 4.32. The first-order valence-electron chi connectivity index (χ1n) is 7.04. The van der Waals surface area contributed by atoms with Crippen LogP contribution in [-0.2, 0) is 11.3 Å². The normalized spacial score (nSPS) is 21.6. The highest BCUT2D eigenvalue weighted by Crippen LogP contribution is 2.28. The van der Waals surface area contributed by atoms with Gasteiger partial charge in [0.05, 0.1) is 17.2 Å². The van der Waals surface area contributed by atoms with Gasteiger partial charge in [-0.3, -0.25) is 4.79 Å². The lowest BCUT2D eigenvalue weighted by atomic mass is 10.1. The number of thiazole rings is 1. The Balaban J connectivity index is 1.76. The van der Waals surface area contributed by atoms with Crippen LogP contribution in [0.15, 0.2) is 17.9 Å². The van der Waals surface area contributed by atoms with Crippen molar-refractivity contribution in [3.05, 3.63) is 34.3 Å². The van der Waals surface area contributed by atoms with Crippen molar-refractivity contribution in [2.24, 2.45) is 0 Å². The molecule has 1 amide bonds. The molecule has 1 aliphatic rings. The Bertz CT molecular complexity index is 636. The molecule has 1 N–H and O–H groups in total. The zero-order valence-corrected chi connectivity index (χ0v) is 12.9. The zero-order valence-electron chi connectivity index (χ0n) is 12.1. The fraction of sp³-hybridized carbons (Fsp3) is 0.500. The largest absolute Gasteiger partial charge is 0.368 e. The SMILES string of the molecule is CCn1ccnc1[C@H]1OCC[C@@H]1NC(=O)c1scnc1C. The first-order chi connectivity index (χ1) is 10.2. The van der Waals surface area contributed by atoms with Crippen molar-refractivity contribution in [3.63, 3.8) is 0 Å². The van der Waals surface area contributed by atoms with Crippen molar-refractivity contribution >= 4 is 17.2 Å². The minimum absolute atomic E-state index is 0.0494. The Morgan fingerprint density at radius 2 is 2.43 bits per heavy atom. The van der Waals surface area contributed by atoms with Gasteiger partial charge in [-0.25, -0.2) is 9.97 Å². The molecule has 0 spiro atoms. The molecule has 2 aromatic rings. The van der Waals surface area contributed by atoms with Gasteiger partial charge < -0.3 is 14.6 Å². The van der Waals surface area contributed by atoms with Crippen molar-refractivity contribution < 1.29 is 9.53 Å². The van der Waals surface area contributed by atoms with Crippen molar-refractivity contribution in [1.82, 2.24) is 19.9 Å². The molecule has 7 heteroatoms. The molecule has 0 saturated carbocycles. The van der Waals surface area contributed by atoms with Crippen LogP contribution in [0.25, 0.3) is 0 Å². The molecule has 1 fully saturated rings. The number of ether oxygens (including phenoxy) is 1. The Hall–Kier alpha value is -1.73. The van der Waals surface area contributed by atoms with Gasteiger partial charge in [0.1, 0.15) is 16.8 Å². The van der Waals surface area contributed by atoms with Crippen LogP contribution in [0.2, 0.25) is 0 Å². The predicted molar refractivity (Wildman–Crippen MR) is 79.3 cm³/mol. The lowest BCUT2D eigenvalue weighted by molar-refractivity contribution is 0.0777. The van der Waals surface area contributed by atoms with E-state index in [1.54, 1.807) is 11.7 Å². The number of hydrogen-bond acceptors (Lipinski definition) is 5. The molecule has 1 saturated heterocycles.